The van der Waals surface area contributed by atoms with Crippen LogP contribution in [0.2, 0.25) is 0 Å². The number of aromatic carboxylic acids is 1. The monoisotopic (exact) mass is 636 g/mol. The lowest BCUT2D eigenvalue weighted by atomic mass is 10.0. The fourth-order valence-electron chi connectivity index (χ4n) is 4.63. The molecular formula is C31H32N4O11. The highest BCUT2D eigenvalue weighted by molar-refractivity contribution is 6.39. The normalized spacial score (nSPS) is 11.2. The summed E-state index contributed by atoms with van der Waals surface area (Å²) in [6.45, 7) is 0.106. The summed E-state index contributed by atoms with van der Waals surface area (Å²) in [5.74, 6) is -6.52. The molecule has 0 saturated carbocycles. The number of amides is 4. The Hall–Kier alpha value is -6.12. The summed E-state index contributed by atoms with van der Waals surface area (Å²) in [7, 11) is 1.14. The van der Waals surface area contributed by atoms with Crippen molar-refractivity contribution in [1.82, 2.24) is 4.90 Å². The molecule has 7 N–H and O–H groups in total. The Labute approximate surface area is 262 Å². The van der Waals surface area contributed by atoms with E-state index in [1.54, 1.807) is 0 Å². The molecule has 0 aliphatic carbocycles. The van der Waals surface area contributed by atoms with Crippen molar-refractivity contribution >= 4 is 47.1 Å². The molecule has 0 aliphatic heterocycles. The quantitative estimate of drug-likeness (QED) is 0.127. The minimum absolute atomic E-state index is 0.0251. The fourth-order valence-corrected chi connectivity index (χ4v) is 4.63. The third kappa shape index (κ3) is 8.28. The van der Waals surface area contributed by atoms with Crippen LogP contribution in [0.15, 0.2) is 66.7 Å². The summed E-state index contributed by atoms with van der Waals surface area (Å²) < 4.78 is 10.4. The number of hydrogen-bond donors (Lipinski definition) is 5. The molecule has 0 unspecified atom stereocenters. The number of carboxylic acid groups (broad SMARTS) is 2. The topological polar surface area (TPSA) is 240 Å². The zero-order valence-corrected chi connectivity index (χ0v) is 24.6. The summed E-state index contributed by atoms with van der Waals surface area (Å²) in [6, 6.07) is 14.2. The molecular weight excluding hydrogens is 604 g/mol. The Morgan fingerprint density at radius 3 is 2.13 bits per heavy atom. The highest BCUT2D eigenvalue weighted by Crippen LogP contribution is 2.30. The lowest BCUT2D eigenvalue weighted by molar-refractivity contribution is -0.148. The average Bonchev–Trinajstić information content (AvgIpc) is 3.02. The number of unbranched alkanes of at least 4 members (excludes halogenated alkanes) is 1. The van der Waals surface area contributed by atoms with E-state index in [9.17, 15) is 44.1 Å². The van der Waals surface area contributed by atoms with E-state index in [2.05, 4.69) is 0 Å². The maximum atomic E-state index is 12.7. The molecule has 1 atom stereocenters. The van der Waals surface area contributed by atoms with Crippen molar-refractivity contribution in [1.29, 1.82) is 0 Å². The summed E-state index contributed by atoms with van der Waals surface area (Å²) in [5, 5.41) is 28.9. The molecule has 0 radical (unpaired) electrons. The first kappa shape index (κ1) is 34.4. The van der Waals surface area contributed by atoms with Crippen molar-refractivity contribution in [3.8, 4) is 11.5 Å². The Kier molecular flexibility index (Phi) is 11.6. The van der Waals surface area contributed by atoms with E-state index in [0.29, 0.717) is 18.4 Å². The van der Waals surface area contributed by atoms with Crippen LogP contribution in [-0.2, 0) is 25.5 Å². The number of aliphatic carboxylic acids is 1. The van der Waals surface area contributed by atoms with Crippen molar-refractivity contribution in [2.45, 2.75) is 25.3 Å². The molecule has 0 bridgehead atoms. The number of hydrogen-bond acceptors (Lipinski definition) is 9. The zero-order valence-electron chi connectivity index (χ0n) is 24.6. The number of ether oxygens (including phenoxy) is 2. The lowest BCUT2D eigenvalue weighted by Gasteiger charge is -2.29. The first-order valence-corrected chi connectivity index (χ1v) is 13.7. The molecule has 4 amide bonds. The molecule has 0 spiro atoms. The van der Waals surface area contributed by atoms with Crippen LogP contribution in [0.3, 0.4) is 0 Å². The van der Waals surface area contributed by atoms with Crippen molar-refractivity contribution in [3.05, 3.63) is 83.4 Å². The van der Waals surface area contributed by atoms with Gasteiger partial charge in [0.05, 0.1) is 25.0 Å². The maximum Gasteiger partial charge on any atom is 0.410 e. The standard InChI is InChI=1S/C31H32N4O11/c1-45-31(44)34(15-4-5-16-46-24-10-6-9-23(36)25(24)27(33)38)22(26(32)37)17-18-11-13-19(14-12-18)35(28(39)30(42)43)21-8-3-2-7-20(21)29(40)41/h2-3,6-14,22,36H,4-5,15-17H2,1H3,(H2,32,37)(H2,33,38)(H,40,41)(H,42,43)/t22-/m0/s1. The van der Waals surface area contributed by atoms with Gasteiger partial charge in [0, 0.05) is 18.7 Å². The van der Waals surface area contributed by atoms with Gasteiger partial charge in [-0.3, -0.25) is 24.2 Å². The van der Waals surface area contributed by atoms with Gasteiger partial charge in [-0.25, -0.2) is 14.4 Å². The van der Waals surface area contributed by atoms with Gasteiger partial charge >= 0.3 is 23.9 Å². The molecule has 3 aromatic rings. The summed E-state index contributed by atoms with van der Waals surface area (Å²) in [6.07, 6.45) is -0.232. The summed E-state index contributed by atoms with van der Waals surface area (Å²) >= 11 is 0. The highest BCUT2D eigenvalue weighted by Gasteiger charge is 2.30. The minimum Gasteiger partial charge on any atom is -0.507 e. The zero-order chi connectivity index (χ0) is 34.0. The number of nitrogens with two attached hydrogens (primary N) is 2. The number of carbonyl (C=O) groups is 6. The van der Waals surface area contributed by atoms with E-state index in [0.717, 1.165) is 16.9 Å². The SMILES string of the molecule is COC(=O)N(CCCCOc1cccc(O)c1C(N)=O)[C@@H](Cc1ccc(N(C(=O)C(=O)O)c2ccccc2C(=O)O)cc1)C(N)=O. The van der Waals surface area contributed by atoms with Crippen LogP contribution in [0.5, 0.6) is 11.5 Å². The number of primary amides is 2. The number of rotatable bonds is 14. The molecule has 242 valence electrons. The molecule has 15 heteroatoms. The summed E-state index contributed by atoms with van der Waals surface area (Å²) in [4.78, 5) is 74.7. The fraction of sp³-hybridized carbons (Fsp3) is 0.226. The van der Waals surface area contributed by atoms with Crippen LogP contribution < -0.4 is 21.1 Å². The first-order valence-electron chi connectivity index (χ1n) is 13.7. The van der Waals surface area contributed by atoms with E-state index < -0.39 is 41.8 Å². The van der Waals surface area contributed by atoms with E-state index in [1.807, 2.05) is 0 Å². The van der Waals surface area contributed by atoms with E-state index >= 15 is 0 Å². The van der Waals surface area contributed by atoms with Crippen LogP contribution in [0.1, 0.15) is 39.1 Å². The lowest BCUT2D eigenvalue weighted by Crippen LogP contribution is -2.49. The Morgan fingerprint density at radius 1 is 0.870 bits per heavy atom. The van der Waals surface area contributed by atoms with Gasteiger partial charge in [-0.05, 0) is 54.8 Å². The third-order valence-electron chi connectivity index (χ3n) is 6.80. The molecule has 0 aliphatic rings. The van der Waals surface area contributed by atoms with E-state index in [1.165, 1.54) is 66.7 Å². The number of carbonyl (C=O) groups excluding carboxylic acids is 4. The van der Waals surface area contributed by atoms with Crippen LogP contribution in [-0.4, -0.2) is 82.3 Å². The van der Waals surface area contributed by atoms with Crippen LogP contribution >= 0.6 is 0 Å². The largest absolute Gasteiger partial charge is 0.507 e. The molecule has 0 aromatic heterocycles. The van der Waals surface area contributed by atoms with Gasteiger partial charge in [-0.2, -0.15) is 0 Å². The molecule has 0 saturated heterocycles. The van der Waals surface area contributed by atoms with Crippen molar-refractivity contribution in [2.75, 3.05) is 25.2 Å². The summed E-state index contributed by atoms with van der Waals surface area (Å²) in [5.41, 5.74) is 10.8. The number of anilines is 2. The third-order valence-corrected chi connectivity index (χ3v) is 6.80. The number of benzene rings is 3. The predicted octanol–water partition coefficient (Wildman–Crippen LogP) is 2.26. The van der Waals surface area contributed by atoms with Gasteiger partial charge < -0.3 is 36.3 Å². The minimum atomic E-state index is -1.81. The highest BCUT2D eigenvalue weighted by atomic mass is 16.5. The number of phenols is 1. The van der Waals surface area contributed by atoms with Gasteiger partial charge in [0.15, 0.2) is 0 Å². The second-order valence-corrected chi connectivity index (χ2v) is 9.79. The van der Waals surface area contributed by atoms with Gasteiger partial charge in [0.2, 0.25) is 5.91 Å². The van der Waals surface area contributed by atoms with Crippen molar-refractivity contribution in [3.63, 3.8) is 0 Å². The van der Waals surface area contributed by atoms with Gasteiger partial charge in [0.25, 0.3) is 5.91 Å². The Balaban J connectivity index is 1.77. The van der Waals surface area contributed by atoms with Crippen LogP contribution in [0, 0.1) is 0 Å². The first-order chi connectivity index (χ1) is 21.9. The van der Waals surface area contributed by atoms with E-state index in [-0.39, 0.29) is 53.6 Å². The Bertz CT molecular complexity index is 1620. The molecule has 3 rings (SSSR count). The molecule has 3 aromatic carbocycles. The van der Waals surface area contributed by atoms with E-state index in [4.69, 9.17) is 20.9 Å². The van der Waals surface area contributed by atoms with Crippen molar-refractivity contribution < 1.29 is 53.6 Å². The van der Waals surface area contributed by atoms with Gasteiger partial charge in [0.1, 0.15) is 23.1 Å². The number of nitrogens with zero attached hydrogens (tertiary/aromatic N) is 2. The molecule has 0 heterocycles. The Morgan fingerprint density at radius 2 is 1.54 bits per heavy atom. The second-order valence-electron chi connectivity index (χ2n) is 9.79. The number of carboxylic acids is 2. The maximum absolute atomic E-state index is 12.7. The smallest absolute Gasteiger partial charge is 0.410 e. The second kappa shape index (κ2) is 15.6. The average molecular weight is 637 g/mol. The van der Waals surface area contributed by atoms with Crippen LogP contribution in [0.4, 0.5) is 16.2 Å². The molecule has 0 fully saturated rings. The number of para-hydroxylation sites is 1. The predicted molar refractivity (Wildman–Crippen MR) is 162 cm³/mol. The van der Waals surface area contributed by atoms with Gasteiger partial charge in [-0.15, -0.1) is 0 Å². The molecule has 15 nitrogen and oxygen atoms in total. The molecule has 46 heavy (non-hydrogen) atoms. The van der Waals surface area contributed by atoms with Crippen LogP contribution in [0.25, 0.3) is 0 Å². The number of aromatic hydroxyl groups is 1. The van der Waals surface area contributed by atoms with Crippen molar-refractivity contribution in [2.24, 2.45) is 11.5 Å². The van der Waals surface area contributed by atoms with Gasteiger partial charge in [-0.1, -0.05) is 30.3 Å². The number of methoxy groups -OCH3 is 1.